The maximum Gasteiger partial charge on any atom is 0.158 e. The van der Waals surface area contributed by atoms with Crippen molar-refractivity contribution < 1.29 is 9.53 Å². The van der Waals surface area contributed by atoms with E-state index in [0.717, 1.165) is 25.9 Å². The van der Waals surface area contributed by atoms with Crippen molar-refractivity contribution in [1.29, 1.82) is 0 Å². The monoisotopic (exact) mass is 199 g/mol. The van der Waals surface area contributed by atoms with Gasteiger partial charge in [-0.05, 0) is 32.2 Å². The smallest absolute Gasteiger partial charge is 0.158 e. The van der Waals surface area contributed by atoms with Gasteiger partial charge in [-0.25, -0.2) is 0 Å². The first kappa shape index (κ1) is 11.7. The molecule has 0 aromatic carbocycles. The lowest BCUT2D eigenvalue weighted by molar-refractivity contribution is -0.127. The lowest BCUT2D eigenvalue weighted by atomic mass is 10.1. The Balaban J connectivity index is 2.13. The summed E-state index contributed by atoms with van der Waals surface area (Å²) in [5.41, 5.74) is 0. The third-order valence-corrected chi connectivity index (χ3v) is 2.49. The number of Topliss-reactive ketones (excluding diaryl/α,β-unsaturated/α-hetero) is 1. The maximum absolute atomic E-state index is 11.0. The Morgan fingerprint density at radius 1 is 1.50 bits per heavy atom. The van der Waals surface area contributed by atoms with Crippen molar-refractivity contribution in [3.8, 4) is 0 Å². The Hall–Kier alpha value is -0.410. The Kier molecular flexibility index (Phi) is 4.55. The second-order valence-electron chi connectivity index (χ2n) is 4.49. The SMILES string of the molecule is CC(=O)C1CCC(CNCC(C)C)O1. The van der Waals surface area contributed by atoms with Crippen LogP contribution in [0.5, 0.6) is 0 Å². The van der Waals surface area contributed by atoms with Crippen molar-refractivity contribution in [3.63, 3.8) is 0 Å². The molecule has 1 heterocycles. The van der Waals surface area contributed by atoms with Crippen LogP contribution in [0.15, 0.2) is 0 Å². The van der Waals surface area contributed by atoms with E-state index < -0.39 is 0 Å². The molecule has 0 saturated carbocycles. The lowest BCUT2D eigenvalue weighted by Gasteiger charge is -2.13. The predicted molar refractivity (Wildman–Crippen MR) is 56.3 cm³/mol. The number of hydrogen-bond acceptors (Lipinski definition) is 3. The van der Waals surface area contributed by atoms with Crippen molar-refractivity contribution in [2.45, 2.75) is 45.8 Å². The molecule has 0 aromatic heterocycles. The highest BCUT2D eigenvalue weighted by Crippen LogP contribution is 2.19. The molecule has 1 aliphatic rings. The molecule has 82 valence electrons. The van der Waals surface area contributed by atoms with Crippen molar-refractivity contribution in [3.05, 3.63) is 0 Å². The predicted octanol–water partition coefficient (Wildman–Crippen LogP) is 1.37. The molecule has 1 N–H and O–H groups in total. The van der Waals surface area contributed by atoms with Crippen LogP contribution in [-0.2, 0) is 9.53 Å². The fraction of sp³-hybridized carbons (Fsp3) is 0.909. The summed E-state index contributed by atoms with van der Waals surface area (Å²) in [6.45, 7) is 7.86. The van der Waals surface area contributed by atoms with Gasteiger partial charge in [-0.2, -0.15) is 0 Å². The van der Waals surface area contributed by atoms with E-state index in [4.69, 9.17) is 4.74 Å². The molecule has 0 amide bonds. The number of ketones is 1. The number of ether oxygens (including phenoxy) is 1. The molecule has 1 rings (SSSR count). The molecule has 3 heteroatoms. The van der Waals surface area contributed by atoms with Gasteiger partial charge in [0.25, 0.3) is 0 Å². The zero-order valence-electron chi connectivity index (χ0n) is 9.38. The molecule has 1 fully saturated rings. The minimum Gasteiger partial charge on any atom is -0.366 e. The van der Waals surface area contributed by atoms with E-state index in [1.807, 2.05) is 0 Å². The number of carbonyl (C=O) groups is 1. The molecular formula is C11H21NO2. The van der Waals surface area contributed by atoms with Gasteiger partial charge in [-0.1, -0.05) is 13.8 Å². The Morgan fingerprint density at radius 2 is 2.21 bits per heavy atom. The normalized spacial score (nSPS) is 27.1. The van der Waals surface area contributed by atoms with Crippen molar-refractivity contribution >= 4 is 5.78 Å². The molecule has 0 bridgehead atoms. The second kappa shape index (κ2) is 5.47. The fourth-order valence-electron chi connectivity index (χ4n) is 1.69. The van der Waals surface area contributed by atoms with Crippen LogP contribution in [0, 0.1) is 5.92 Å². The summed E-state index contributed by atoms with van der Waals surface area (Å²) in [6.07, 6.45) is 2.00. The number of hydrogen-bond donors (Lipinski definition) is 1. The highest BCUT2D eigenvalue weighted by atomic mass is 16.5. The summed E-state index contributed by atoms with van der Waals surface area (Å²) in [5.74, 6) is 0.830. The van der Waals surface area contributed by atoms with Crippen LogP contribution in [0.1, 0.15) is 33.6 Å². The van der Waals surface area contributed by atoms with E-state index in [1.165, 1.54) is 0 Å². The van der Waals surface area contributed by atoms with Gasteiger partial charge < -0.3 is 10.1 Å². The lowest BCUT2D eigenvalue weighted by Crippen LogP contribution is -2.30. The number of carbonyl (C=O) groups excluding carboxylic acids is 1. The second-order valence-corrected chi connectivity index (χ2v) is 4.49. The highest BCUT2D eigenvalue weighted by Gasteiger charge is 2.27. The van der Waals surface area contributed by atoms with Crippen LogP contribution in [0.4, 0.5) is 0 Å². The van der Waals surface area contributed by atoms with Crippen molar-refractivity contribution in [1.82, 2.24) is 5.32 Å². The Morgan fingerprint density at radius 3 is 2.71 bits per heavy atom. The van der Waals surface area contributed by atoms with E-state index in [-0.39, 0.29) is 18.0 Å². The van der Waals surface area contributed by atoms with E-state index >= 15 is 0 Å². The van der Waals surface area contributed by atoms with Crippen LogP contribution < -0.4 is 5.32 Å². The summed E-state index contributed by atoms with van der Waals surface area (Å²) in [4.78, 5) is 11.0. The van der Waals surface area contributed by atoms with Gasteiger partial charge in [0.2, 0.25) is 0 Å². The quantitative estimate of drug-likeness (QED) is 0.726. The summed E-state index contributed by atoms with van der Waals surface area (Å²) < 4.78 is 5.59. The summed E-state index contributed by atoms with van der Waals surface area (Å²) in [7, 11) is 0. The van der Waals surface area contributed by atoms with Crippen LogP contribution in [0.3, 0.4) is 0 Å². The maximum atomic E-state index is 11.0. The first-order valence-corrected chi connectivity index (χ1v) is 5.46. The van der Waals surface area contributed by atoms with Gasteiger partial charge in [0.1, 0.15) is 6.10 Å². The van der Waals surface area contributed by atoms with Crippen LogP contribution >= 0.6 is 0 Å². The summed E-state index contributed by atoms with van der Waals surface area (Å²) in [6, 6.07) is 0. The van der Waals surface area contributed by atoms with E-state index in [9.17, 15) is 4.79 Å². The number of nitrogens with one attached hydrogen (secondary N) is 1. The van der Waals surface area contributed by atoms with Crippen LogP contribution in [0.25, 0.3) is 0 Å². The fourth-order valence-corrected chi connectivity index (χ4v) is 1.69. The first-order valence-electron chi connectivity index (χ1n) is 5.46. The molecule has 2 atom stereocenters. The van der Waals surface area contributed by atoms with Crippen LogP contribution in [0.2, 0.25) is 0 Å². The third-order valence-electron chi connectivity index (χ3n) is 2.49. The average Bonchev–Trinajstić information content (AvgIpc) is 2.52. The molecule has 14 heavy (non-hydrogen) atoms. The third kappa shape index (κ3) is 3.76. The molecule has 0 radical (unpaired) electrons. The van der Waals surface area contributed by atoms with Gasteiger partial charge in [0.05, 0.1) is 6.10 Å². The standard InChI is InChI=1S/C11H21NO2/c1-8(2)6-12-7-10-4-5-11(14-10)9(3)13/h8,10-12H,4-7H2,1-3H3. The van der Waals surface area contributed by atoms with Gasteiger partial charge >= 0.3 is 0 Å². The van der Waals surface area contributed by atoms with Crippen molar-refractivity contribution in [2.24, 2.45) is 5.92 Å². The Labute approximate surface area is 86.2 Å². The molecule has 2 unspecified atom stereocenters. The molecule has 0 spiro atoms. The first-order chi connectivity index (χ1) is 6.59. The zero-order valence-corrected chi connectivity index (χ0v) is 9.38. The molecule has 0 aromatic rings. The largest absolute Gasteiger partial charge is 0.366 e. The molecule has 1 saturated heterocycles. The summed E-state index contributed by atoms with van der Waals surface area (Å²) in [5, 5.41) is 3.35. The van der Waals surface area contributed by atoms with Gasteiger partial charge in [-0.15, -0.1) is 0 Å². The average molecular weight is 199 g/mol. The van der Waals surface area contributed by atoms with E-state index in [1.54, 1.807) is 6.92 Å². The highest BCUT2D eigenvalue weighted by molar-refractivity contribution is 5.80. The van der Waals surface area contributed by atoms with Gasteiger partial charge in [0, 0.05) is 6.54 Å². The van der Waals surface area contributed by atoms with Gasteiger partial charge in [0.15, 0.2) is 5.78 Å². The Bertz CT molecular complexity index is 192. The number of rotatable bonds is 5. The topological polar surface area (TPSA) is 38.3 Å². The minimum absolute atomic E-state index is 0.138. The van der Waals surface area contributed by atoms with E-state index in [0.29, 0.717) is 5.92 Å². The molecule has 1 aliphatic heterocycles. The van der Waals surface area contributed by atoms with E-state index in [2.05, 4.69) is 19.2 Å². The summed E-state index contributed by atoms with van der Waals surface area (Å²) >= 11 is 0. The zero-order chi connectivity index (χ0) is 10.6. The van der Waals surface area contributed by atoms with Gasteiger partial charge in [-0.3, -0.25) is 4.79 Å². The van der Waals surface area contributed by atoms with Crippen LogP contribution in [-0.4, -0.2) is 31.1 Å². The minimum atomic E-state index is -0.138. The molecule has 0 aliphatic carbocycles. The van der Waals surface area contributed by atoms with Crippen molar-refractivity contribution in [2.75, 3.05) is 13.1 Å². The molecule has 3 nitrogen and oxygen atoms in total. The molecular weight excluding hydrogens is 178 g/mol.